The van der Waals surface area contributed by atoms with Gasteiger partial charge >= 0.3 is 0 Å². The summed E-state index contributed by atoms with van der Waals surface area (Å²) in [6, 6.07) is 10.2. The van der Waals surface area contributed by atoms with E-state index in [1.165, 1.54) is 5.56 Å². The van der Waals surface area contributed by atoms with Crippen LogP contribution in [0.3, 0.4) is 0 Å². The Balaban J connectivity index is 2.07. The Hall–Kier alpha value is -2.49. The summed E-state index contributed by atoms with van der Waals surface area (Å²) in [5.41, 5.74) is 3.26. The maximum absolute atomic E-state index is 5.26. The first-order chi connectivity index (χ1) is 11.8. The minimum absolute atomic E-state index is 0.177. The molecule has 0 saturated heterocycles. The average molecular weight is 321 g/mol. The fraction of sp³-hybridized carbons (Fsp3) is 0.350. The van der Waals surface area contributed by atoms with E-state index in [2.05, 4.69) is 31.0 Å². The first-order valence-corrected chi connectivity index (χ1v) is 8.51. The van der Waals surface area contributed by atoms with Crippen LogP contribution in [0, 0.1) is 0 Å². The van der Waals surface area contributed by atoms with E-state index in [9.17, 15) is 0 Å². The highest BCUT2D eigenvalue weighted by atomic mass is 16.5. The summed E-state index contributed by atoms with van der Waals surface area (Å²) < 4.78 is 5.26. The number of nitrogens with zero attached hydrogens (tertiary/aromatic N) is 3. The molecule has 4 nitrogen and oxygen atoms in total. The zero-order chi connectivity index (χ0) is 16.9. The predicted octanol–water partition coefficient (Wildman–Crippen LogP) is 4.53. The second kappa shape index (κ2) is 7.39. The number of hydrogen-bond donors (Lipinski definition) is 0. The van der Waals surface area contributed by atoms with Gasteiger partial charge in [-0.1, -0.05) is 32.4 Å². The highest BCUT2D eigenvalue weighted by molar-refractivity contribution is 5.79. The second-order valence-corrected chi connectivity index (χ2v) is 5.91. The van der Waals surface area contributed by atoms with Crippen molar-refractivity contribution in [1.29, 1.82) is 0 Å². The fourth-order valence-electron chi connectivity index (χ4n) is 3.05. The lowest BCUT2D eigenvalue weighted by Gasteiger charge is -2.16. The summed E-state index contributed by atoms with van der Waals surface area (Å²) in [5, 5.41) is 1.11. The standard InChI is InChI=1S/C20H23N3O/c1-4-6-18-17-11-12-21-13-19(17)23-20(22-18)16(5-2)14-7-9-15(24-3)10-8-14/h7-13,16H,4-6H2,1-3H3. The van der Waals surface area contributed by atoms with E-state index >= 15 is 0 Å². The summed E-state index contributed by atoms with van der Waals surface area (Å²) in [5.74, 6) is 1.92. The minimum atomic E-state index is 0.177. The number of rotatable bonds is 6. The van der Waals surface area contributed by atoms with E-state index in [4.69, 9.17) is 14.7 Å². The zero-order valence-electron chi connectivity index (χ0n) is 14.5. The number of aromatic nitrogens is 3. The Morgan fingerprint density at radius 2 is 1.83 bits per heavy atom. The summed E-state index contributed by atoms with van der Waals surface area (Å²) >= 11 is 0. The Morgan fingerprint density at radius 1 is 1.04 bits per heavy atom. The molecule has 0 amide bonds. The van der Waals surface area contributed by atoms with Gasteiger partial charge in [-0.15, -0.1) is 0 Å². The van der Waals surface area contributed by atoms with Crippen molar-refractivity contribution in [2.75, 3.05) is 7.11 Å². The smallest absolute Gasteiger partial charge is 0.136 e. The molecule has 24 heavy (non-hydrogen) atoms. The molecule has 0 bridgehead atoms. The van der Waals surface area contributed by atoms with Crippen molar-refractivity contribution >= 4 is 10.9 Å². The van der Waals surface area contributed by atoms with Crippen LogP contribution in [0.2, 0.25) is 0 Å². The summed E-state index contributed by atoms with van der Waals surface area (Å²) in [6.45, 7) is 4.35. The van der Waals surface area contributed by atoms with Crippen molar-refractivity contribution in [2.45, 2.75) is 39.0 Å². The molecule has 0 fully saturated rings. The van der Waals surface area contributed by atoms with E-state index in [1.54, 1.807) is 7.11 Å². The van der Waals surface area contributed by atoms with Gasteiger partial charge in [-0.05, 0) is 36.6 Å². The first-order valence-electron chi connectivity index (χ1n) is 8.51. The van der Waals surface area contributed by atoms with Crippen molar-refractivity contribution in [2.24, 2.45) is 0 Å². The van der Waals surface area contributed by atoms with Gasteiger partial charge in [-0.3, -0.25) is 4.98 Å². The normalized spacial score (nSPS) is 12.3. The highest BCUT2D eigenvalue weighted by Gasteiger charge is 2.18. The number of pyridine rings is 1. The van der Waals surface area contributed by atoms with Gasteiger partial charge in [0.15, 0.2) is 0 Å². The maximum Gasteiger partial charge on any atom is 0.136 e. The van der Waals surface area contributed by atoms with Crippen molar-refractivity contribution in [3.05, 3.63) is 59.8 Å². The molecule has 124 valence electrons. The third-order valence-electron chi connectivity index (χ3n) is 4.32. The van der Waals surface area contributed by atoms with Crippen LogP contribution < -0.4 is 4.74 Å². The molecule has 1 atom stereocenters. The van der Waals surface area contributed by atoms with Crippen LogP contribution in [-0.2, 0) is 6.42 Å². The monoisotopic (exact) mass is 321 g/mol. The number of hydrogen-bond acceptors (Lipinski definition) is 4. The topological polar surface area (TPSA) is 47.9 Å². The van der Waals surface area contributed by atoms with Gasteiger partial charge in [0.05, 0.1) is 24.5 Å². The quantitative estimate of drug-likeness (QED) is 0.669. The Morgan fingerprint density at radius 3 is 2.50 bits per heavy atom. The molecule has 0 saturated carbocycles. The second-order valence-electron chi connectivity index (χ2n) is 5.91. The van der Waals surface area contributed by atoms with Gasteiger partial charge in [0.25, 0.3) is 0 Å². The molecule has 4 heteroatoms. The van der Waals surface area contributed by atoms with E-state index < -0.39 is 0 Å². The van der Waals surface area contributed by atoms with Gasteiger partial charge < -0.3 is 4.74 Å². The lowest BCUT2D eigenvalue weighted by atomic mass is 9.95. The Kier molecular flexibility index (Phi) is 5.04. The number of benzene rings is 1. The third-order valence-corrected chi connectivity index (χ3v) is 4.32. The van der Waals surface area contributed by atoms with Gasteiger partial charge in [-0.25, -0.2) is 9.97 Å². The Bertz CT molecular complexity index is 815. The molecule has 0 aliphatic carbocycles. The van der Waals surface area contributed by atoms with Crippen LogP contribution in [0.1, 0.15) is 49.7 Å². The molecule has 0 aliphatic rings. The van der Waals surface area contributed by atoms with Crippen LogP contribution in [0.5, 0.6) is 5.75 Å². The molecule has 0 radical (unpaired) electrons. The molecule has 0 N–H and O–H groups in total. The predicted molar refractivity (Wildman–Crippen MR) is 96.5 cm³/mol. The van der Waals surface area contributed by atoms with Gasteiger partial charge in [0, 0.05) is 17.5 Å². The van der Waals surface area contributed by atoms with Crippen molar-refractivity contribution in [1.82, 2.24) is 15.0 Å². The molecular formula is C20H23N3O. The number of methoxy groups -OCH3 is 1. The number of aryl methyl sites for hydroxylation is 1. The highest BCUT2D eigenvalue weighted by Crippen LogP contribution is 2.29. The number of ether oxygens (including phenoxy) is 1. The number of fused-ring (bicyclic) bond motifs is 1. The van der Waals surface area contributed by atoms with Crippen LogP contribution in [0.25, 0.3) is 10.9 Å². The maximum atomic E-state index is 5.26. The zero-order valence-corrected chi connectivity index (χ0v) is 14.5. The molecule has 2 heterocycles. The molecular weight excluding hydrogens is 298 g/mol. The molecule has 3 rings (SSSR count). The largest absolute Gasteiger partial charge is 0.497 e. The third kappa shape index (κ3) is 3.23. The van der Waals surface area contributed by atoms with Crippen LogP contribution in [0.15, 0.2) is 42.7 Å². The summed E-state index contributed by atoms with van der Waals surface area (Å²) in [4.78, 5) is 13.9. The average Bonchev–Trinajstić information content (AvgIpc) is 2.63. The van der Waals surface area contributed by atoms with Crippen molar-refractivity contribution in [3.8, 4) is 5.75 Å². The van der Waals surface area contributed by atoms with Crippen molar-refractivity contribution < 1.29 is 4.74 Å². The molecule has 0 spiro atoms. The molecule has 2 aromatic heterocycles. The van der Waals surface area contributed by atoms with Crippen LogP contribution >= 0.6 is 0 Å². The van der Waals surface area contributed by atoms with E-state index in [-0.39, 0.29) is 5.92 Å². The van der Waals surface area contributed by atoms with Gasteiger partial charge in [0.1, 0.15) is 11.6 Å². The molecule has 1 unspecified atom stereocenters. The lowest BCUT2D eigenvalue weighted by molar-refractivity contribution is 0.414. The molecule has 1 aromatic carbocycles. The fourth-order valence-corrected chi connectivity index (χ4v) is 3.05. The summed E-state index contributed by atoms with van der Waals surface area (Å²) in [7, 11) is 1.68. The molecule has 3 aromatic rings. The SMILES string of the molecule is CCCc1nc(C(CC)c2ccc(OC)cc2)nc2cnccc12. The lowest BCUT2D eigenvalue weighted by Crippen LogP contribution is -2.08. The van der Waals surface area contributed by atoms with Crippen molar-refractivity contribution in [3.63, 3.8) is 0 Å². The van der Waals surface area contributed by atoms with Crippen LogP contribution in [-0.4, -0.2) is 22.1 Å². The van der Waals surface area contributed by atoms with Gasteiger partial charge in [-0.2, -0.15) is 0 Å². The summed E-state index contributed by atoms with van der Waals surface area (Å²) in [6.07, 6.45) is 6.61. The first kappa shape index (κ1) is 16.4. The van der Waals surface area contributed by atoms with Gasteiger partial charge in [0.2, 0.25) is 0 Å². The van der Waals surface area contributed by atoms with E-state index in [1.807, 2.05) is 30.6 Å². The van der Waals surface area contributed by atoms with E-state index in [0.29, 0.717) is 0 Å². The van der Waals surface area contributed by atoms with Crippen LogP contribution in [0.4, 0.5) is 0 Å². The Labute approximate surface area is 142 Å². The van der Waals surface area contributed by atoms with E-state index in [0.717, 1.165) is 47.4 Å². The minimum Gasteiger partial charge on any atom is -0.497 e. The molecule has 0 aliphatic heterocycles.